The quantitative estimate of drug-likeness (QED) is 0.784. The average Bonchev–Trinajstić information content (AvgIpc) is 2.20. The van der Waals surface area contributed by atoms with Gasteiger partial charge in [0.1, 0.15) is 12.1 Å². The van der Waals surface area contributed by atoms with Gasteiger partial charge in [0.2, 0.25) is 0 Å². The molecule has 0 unspecified atom stereocenters. The molecule has 0 bridgehead atoms. The van der Waals surface area contributed by atoms with Crippen LogP contribution in [-0.4, -0.2) is 16.5 Å². The second-order valence-electron chi connectivity index (χ2n) is 3.22. The Hall–Kier alpha value is -1.64. The first-order chi connectivity index (χ1) is 6.83. The van der Waals surface area contributed by atoms with Gasteiger partial charge in [0, 0.05) is 11.9 Å². The molecule has 0 saturated carbocycles. The Morgan fingerprint density at radius 2 is 2.14 bits per heavy atom. The number of rotatable bonds is 2. The average molecular weight is 187 g/mol. The van der Waals surface area contributed by atoms with Crippen molar-refractivity contribution >= 4 is 16.7 Å². The number of benzene rings is 1. The number of hydrogen-bond donors (Lipinski definition) is 1. The fraction of sp³-hybridized carbons (Fsp3) is 0.273. The molecule has 0 radical (unpaired) electrons. The van der Waals surface area contributed by atoms with E-state index in [0.29, 0.717) is 0 Å². The minimum absolute atomic E-state index is 0.875. The molecule has 0 amide bonds. The number of aryl methyl sites for hydroxylation is 1. The molecule has 1 aromatic carbocycles. The third-order valence-corrected chi connectivity index (χ3v) is 2.21. The van der Waals surface area contributed by atoms with Crippen LogP contribution in [0, 0.1) is 6.92 Å². The molecule has 1 N–H and O–H groups in total. The Morgan fingerprint density at radius 3 is 2.93 bits per heavy atom. The molecule has 0 fully saturated rings. The zero-order chi connectivity index (χ0) is 9.97. The van der Waals surface area contributed by atoms with Gasteiger partial charge < -0.3 is 5.32 Å². The van der Waals surface area contributed by atoms with Gasteiger partial charge in [0.15, 0.2) is 0 Å². The minimum Gasteiger partial charge on any atom is -0.370 e. The molecule has 0 atom stereocenters. The first-order valence-corrected chi connectivity index (χ1v) is 4.77. The lowest BCUT2D eigenvalue weighted by atomic mass is 10.1. The molecular weight excluding hydrogens is 174 g/mol. The van der Waals surface area contributed by atoms with Crippen LogP contribution in [0.4, 0.5) is 5.82 Å². The van der Waals surface area contributed by atoms with Crippen LogP contribution in [0.3, 0.4) is 0 Å². The lowest BCUT2D eigenvalue weighted by Gasteiger charge is -2.06. The van der Waals surface area contributed by atoms with Gasteiger partial charge >= 0.3 is 0 Å². The molecule has 0 spiro atoms. The minimum atomic E-state index is 0.875. The van der Waals surface area contributed by atoms with Crippen molar-refractivity contribution < 1.29 is 0 Å². The monoisotopic (exact) mass is 187 g/mol. The van der Waals surface area contributed by atoms with Crippen LogP contribution >= 0.6 is 0 Å². The highest BCUT2D eigenvalue weighted by molar-refractivity contribution is 5.90. The summed E-state index contributed by atoms with van der Waals surface area (Å²) in [7, 11) is 0. The smallest absolute Gasteiger partial charge is 0.137 e. The van der Waals surface area contributed by atoms with Gasteiger partial charge in [0.25, 0.3) is 0 Å². The maximum atomic E-state index is 4.27. The molecule has 14 heavy (non-hydrogen) atoms. The highest BCUT2D eigenvalue weighted by Crippen LogP contribution is 2.21. The molecule has 2 aromatic rings. The molecular formula is C11H13N3. The summed E-state index contributed by atoms with van der Waals surface area (Å²) in [5, 5.41) is 4.32. The number of hydrogen-bond acceptors (Lipinski definition) is 3. The SMILES string of the molecule is CCNc1ncnc2c(C)cccc12. The zero-order valence-electron chi connectivity index (χ0n) is 8.41. The molecule has 72 valence electrons. The van der Waals surface area contributed by atoms with Crippen LogP contribution in [-0.2, 0) is 0 Å². The van der Waals surface area contributed by atoms with Gasteiger partial charge in [-0.2, -0.15) is 0 Å². The molecule has 0 aliphatic rings. The summed E-state index contributed by atoms with van der Waals surface area (Å²) >= 11 is 0. The maximum Gasteiger partial charge on any atom is 0.137 e. The third-order valence-electron chi connectivity index (χ3n) is 2.21. The van der Waals surface area contributed by atoms with E-state index in [1.54, 1.807) is 6.33 Å². The number of nitrogens with zero attached hydrogens (tertiary/aromatic N) is 2. The highest BCUT2D eigenvalue weighted by Gasteiger charge is 2.03. The maximum absolute atomic E-state index is 4.27. The van der Waals surface area contributed by atoms with Gasteiger partial charge in [0.05, 0.1) is 5.52 Å². The van der Waals surface area contributed by atoms with E-state index in [9.17, 15) is 0 Å². The summed E-state index contributed by atoms with van der Waals surface area (Å²) in [6.07, 6.45) is 1.60. The summed E-state index contributed by atoms with van der Waals surface area (Å²) in [6.45, 7) is 4.99. The molecule has 3 heteroatoms. The van der Waals surface area contributed by atoms with E-state index in [1.807, 2.05) is 12.1 Å². The van der Waals surface area contributed by atoms with E-state index < -0.39 is 0 Å². The van der Waals surface area contributed by atoms with Crippen LogP contribution in [0.1, 0.15) is 12.5 Å². The normalized spacial score (nSPS) is 10.4. The predicted octanol–water partition coefficient (Wildman–Crippen LogP) is 2.37. The van der Waals surface area contributed by atoms with Gasteiger partial charge in [-0.15, -0.1) is 0 Å². The van der Waals surface area contributed by atoms with Crippen LogP contribution in [0.2, 0.25) is 0 Å². The van der Waals surface area contributed by atoms with Crippen molar-refractivity contribution in [2.45, 2.75) is 13.8 Å². The molecule has 1 heterocycles. The summed E-state index contributed by atoms with van der Waals surface area (Å²) < 4.78 is 0. The van der Waals surface area contributed by atoms with E-state index in [2.05, 4.69) is 35.2 Å². The fourth-order valence-electron chi connectivity index (χ4n) is 1.54. The van der Waals surface area contributed by atoms with Crippen molar-refractivity contribution in [3.63, 3.8) is 0 Å². The zero-order valence-corrected chi connectivity index (χ0v) is 8.41. The van der Waals surface area contributed by atoms with Crippen LogP contribution in [0.25, 0.3) is 10.9 Å². The Morgan fingerprint density at radius 1 is 1.29 bits per heavy atom. The van der Waals surface area contributed by atoms with Crippen molar-refractivity contribution in [2.24, 2.45) is 0 Å². The number of aromatic nitrogens is 2. The van der Waals surface area contributed by atoms with Crippen molar-refractivity contribution in [3.8, 4) is 0 Å². The molecule has 0 aliphatic heterocycles. The first-order valence-electron chi connectivity index (χ1n) is 4.77. The molecule has 0 aliphatic carbocycles. The number of nitrogens with one attached hydrogen (secondary N) is 1. The van der Waals surface area contributed by atoms with E-state index in [0.717, 1.165) is 23.3 Å². The van der Waals surface area contributed by atoms with E-state index in [4.69, 9.17) is 0 Å². The standard InChI is InChI=1S/C11H13N3/c1-3-12-11-9-6-4-5-8(2)10(9)13-7-14-11/h4-7H,3H2,1-2H3,(H,12,13,14). The summed E-state index contributed by atoms with van der Waals surface area (Å²) in [5.74, 6) is 0.918. The van der Waals surface area contributed by atoms with Crippen molar-refractivity contribution in [3.05, 3.63) is 30.1 Å². The highest BCUT2D eigenvalue weighted by atomic mass is 15.0. The lowest BCUT2D eigenvalue weighted by Crippen LogP contribution is -2.00. The van der Waals surface area contributed by atoms with Gasteiger partial charge in [-0.1, -0.05) is 12.1 Å². The van der Waals surface area contributed by atoms with E-state index in [-0.39, 0.29) is 0 Å². The third kappa shape index (κ3) is 1.41. The summed E-state index contributed by atoms with van der Waals surface area (Å²) in [4.78, 5) is 8.49. The second-order valence-corrected chi connectivity index (χ2v) is 3.22. The number of anilines is 1. The van der Waals surface area contributed by atoms with Crippen LogP contribution in [0.5, 0.6) is 0 Å². The molecule has 2 rings (SSSR count). The molecule has 3 nitrogen and oxygen atoms in total. The summed E-state index contributed by atoms with van der Waals surface area (Å²) in [6, 6.07) is 6.13. The van der Waals surface area contributed by atoms with Gasteiger partial charge in [-0.25, -0.2) is 9.97 Å². The van der Waals surface area contributed by atoms with E-state index >= 15 is 0 Å². The van der Waals surface area contributed by atoms with Crippen molar-refractivity contribution in [2.75, 3.05) is 11.9 Å². The molecule has 1 aromatic heterocycles. The Kier molecular flexibility index (Phi) is 2.31. The Bertz CT molecular complexity index is 451. The Labute approximate surface area is 83.2 Å². The number of para-hydroxylation sites is 1. The first kappa shape index (κ1) is 8.94. The second kappa shape index (κ2) is 3.62. The van der Waals surface area contributed by atoms with Crippen LogP contribution < -0.4 is 5.32 Å². The van der Waals surface area contributed by atoms with Crippen molar-refractivity contribution in [1.29, 1.82) is 0 Å². The fourth-order valence-corrected chi connectivity index (χ4v) is 1.54. The predicted molar refractivity (Wildman–Crippen MR) is 58.4 cm³/mol. The van der Waals surface area contributed by atoms with Crippen LogP contribution in [0.15, 0.2) is 24.5 Å². The van der Waals surface area contributed by atoms with Crippen molar-refractivity contribution in [1.82, 2.24) is 9.97 Å². The molecule has 0 saturated heterocycles. The lowest BCUT2D eigenvalue weighted by molar-refractivity contribution is 1.14. The number of fused-ring (bicyclic) bond motifs is 1. The topological polar surface area (TPSA) is 37.8 Å². The summed E-state index contributed by atoms with van der Waals surface area (Å²) in [5.41, 5.74) is 2.21. The van der Waals surface area contributed by atoms with Gasteiger partial charge in [-0.05, 0) is 25.5 Å². The Balaban J connectivity index is 2.68. The van der Waals surface area contributed by atoms with E-state index in [1.165, 1.54) is 5.56 Å². The van der Waals surface area contributed by atoms with Gasteiger partial charge in [-0.3, -0.25) is 0 Å². The largest absolute Gasteiger partial charge is 0.370 e.